The normalized spacial score (nSPS) is 12.4. The Bertz CT molecular complexity index is 578. The van der Waals surface area contributed by atoms with Crippen molar-refractivity contribution in [1.29, 1.82) is 0 Å². The molecule has 0 radical (unpaired) electrons. The summed E-state index contributed by atoms with van der Waals surface area (Å²) in [6.45, 7) is -0.455. The van der Waals surface area contributed by atoms with Crippen LogP contribution in [-0.2, 0) is 6.54 Å². The van der Waals surface area contributed by atoms with Crippen molar-refractivity contribution in [2.75, 3.05) is 0 Å². The van der Waals surface area contributed by atoms with Gasteiger partial charge in [0.15, 0.2) is 0 Å². The number of benzene rings is 2. The third-order valence-corrected chi connectivity index (χ3v) is 3.37. The van der Waals surface area contributed by atoms with Gasteiger partial charge in [-0.2, -0.15) is 8.78 Å². The summed E-state index contributed by atoms with van der Waals surface area (Å²) in [6, 6.07) is 14.6. The highest BCUT2D eigenvalue weighted by Crippen LogP contribution is 2.25. The molecule has 1 atom stereocenters. The van der Waals surface area contributed by atoms with Crippen molar-refractivity contribution in [3.63, 3.8) is 0 Å². The number of ether oxygens (including phenoxy) is 1. The van der Waals surface area contributed by atoms with Gasteiger partial charge in [-0.15, -0.1) is 0 Å². The average Bonchev–Trinajstić information content (AvgIpc) is 2.47. The maximum absolute atomic E-state index is 12.4. The Labute approximate surface area is 127 Å². The number of rotatable bonds is 6. The average molecular weight is 312 g/mol. The van der Waals surface area contributed by atoms with Gasteiger partial charge in [-0.3, -0.25) is 0 Å². The van der Waals surface area contributed by atoms with Crippen molar-refractivity contribution in [3.8, 4) is 5.75 Å². The predicted molar refractivity (Wildman–Crippen MR) is 79.8 cm³/mol. The predicted octanol–water partition coefficient (Wildman–Crippen LogP) is 4.79. The molecule has 5 heteroatoms. The molecule has 1 N–H and O–H groups in total. The fraction of sp³-hybridized carbons (Fsp3) is 0.250. The van der Waals surface area contributed by atoms with Crippen LogP contribution in [0, 0.1) is 0 Å². The molecule has 2 rings (SSSR count). The van der Waals surface area contributed by atoms with E-state index in [9.17, 15) is 8.78 Å². The fourth-order valence-electron chi connectivity index (χ4n) is 2.02. The second kappa shape index (κ2) is 7.38. The number of hydrogen-bond donors (Lipinski definition) is 1. The van der Waals surface area contributed by atoms with Gasteiger partial charge in [0.2, 0.25) is 0 Å². The van der Waals surface area contributed by atoms with Gasteiger partial charge in [-0.25, -0.2) is 0 Å². The lowest BCUT2D eigenvalue weighted by atomic mass is 10.1. The van der Waals surface area contributed by atoms with Gasteiger partial charge in [0.1, 0.15) is 5.75 Å². The minimum absolute atomic E-state index is 0.0876. The Kier molecular flexibility index (Phi) is 5.53. The van der Waals surface area contributed by atoms with E-state index >= 15 is 0 Å². The summed E-state index contributed by atoms with van der Waals surface area (Å²) < 4.78 is 29.3. The molecule has 0 aromatic heterocycles. The summed E-state index contributed by atoms with van der Waals surface area (Å²) in [5.74, 6) is 0.141. The van der Waals surface area contributed by atoms with Crippen LogP contribution >= 0.6 is 11.6 Å². The third-order valence-electron chi connectivity index (χ3n) is 3.14. The molecular weight excluding hydrogens is 296 g/mol. The molecule has 0 aliphatic heterocycles. The van der Waals surface area contributed by atoms with Gasteiger partial charge in [0.25, 0.3) is 0 Å². The summed E-state index contributed by atoms with van der Waals surface area (Å²) in [6.07, 6.45) is 0. The van der Waals surface area contributed by atoms with Crippen LogP contribution in [0.15, 0.2) is 48.5 Å². The zero-order valence-electron chi connectivity index (χ0n) is 11.5. The second-order valence-corrected chi connectivity index (χ2v) is 5.08. The molecule has 0 saturated carbocycles. The first-order chi connectivity index (χ1) is 10.1. The van der Waals surface area contributed by atoms with E-state index in [2.05, 4.69) is 10.1 Å². The molecule has 0 amide bonds. The molecule has 0 saturated heterocycles. The first-order valence-corrected chi connectivity index (χ1v) is 6.95. The molecule has 0 aliphatic carbocycles. The first kappa shape index (κ1) is 15.7. The minimum atomic E-state index is -2.85. The summed E-state index contributed by atoms with van der Waals surface area (Å²) in [7, 11) is 0. The molecule has 112 valence electrons. The lowest BCUT2D eigenvalue weighted by Crippen LogP contribution is -2.19. The van der Waals surface area contributed by atoms with E-state index in [0.717, 1.165) is 5.56 Å². The van der Waals surface area contributed by atoms with E-state index in [1.807, 2.05) is 37.3 Å². The Morgan fingerprint density at radius 3 is 2.52 bits per heavy atom. The quantitative estimate of drug-likeness (QED) is 0.828. The minimum Gasteiger partial charge on any atom is -0.434 e. The summed E-state index contributed by atoms with van der Waals surface area (Å²) in [4.78, 5) is 0. The van der Waals surface area contributed by atoms with Crippen molar-refractivity contribution >= 4 is 11.6 Å². The monoisotopic (exact) mass is 311 g/mol. The molecule has 0 bridgehead atoms. The van der Waals surface area contributed by atoms with E-state index in [0.29, 0.717) is 17.1 Å². The number of hydrogen-bond acceptors (Lipinski definition) is 2. The Hall–Kier alpha value is -1.65. The second-order valence-electron chi connectivity index (χ2n) is 4.64. The van der Waals surface area contributed by atoms with Crippen LogP contribution < -0.4 is 10.1 Å². The zero-order chi connectivity index (χ0) is 15.2. The number of halogens is 3. The third kappa shape index (κ3) is 4.69. The molecule has 2 nitrogen and oxygen atoms in total. The Morgan fingerprint density at radius 1 is 1.14 bits per heavy atom. The largest absolute Gasteiger partial charge is 0.434 e. The zero-order valence-corrected chi connectivity index (χ0v) is 12.3. The Balaban J connectivity index is 2.07. The lowest BCUT2D eigenvalue weighted by Gasteiger charge is -2.16. The molecule has 2 aromatic carbocycles. The van der Waals surface area contributed by atoms with E-state index in [1.165, 1.54) is 12.1 Å². The van der Waals surface area contributed by atoms with E-state index in [1.54, 1.807) is 6.07 Å². The molecule has 0 aliphatic rings. The first-order valence-electron chi connectivity index (χ1n) is 6.58. The topological polar surface area (TPSA) is 21.3 Å². The van der Waals surface area contributed by atoms with Crippen LogP contribution in [0.1, 0.15) is 24.1 Å². The maximum Gasteiger partial charge on any atom is 0.387 e. The van der Waals surface area contributed by atoms with Crippen LogP contribution in [0.25, 0.3) is 0 Å². The van der Waals surface area contributed by atoms with Crippen molar-refractivity contribution in [1.82, 2.24) is 5.32 Å². The SMILES string of the molecule is C[C@@H](NCc1cc(Cl)ccc1OC(F)F)c1ccccc1. The van der Waals surface area contributed by atoms with Crippen molar-refractivity contribution in [2.24, 2.45) is 0 Å². The highest BCUT2D eigenvalue weighted by molar-refractivity contribution is 6.30. The van der Waals surface area contributed by atoms with Crippen LogP contribution in [0.4, 0.5) is 8.78 Å². The molecule has 0 fully saturated rings. The van der Waals surface area contributed by atoms with E-state index in [4.69, 9.17) is 11.6 Å². The van der Waals surface area contributed by atoms with Crippen molar-refractivity contribution < 1.29 is 13.5 Å². The Morgan fingerprint density at radius 2 is 1.86 bits per heavy atom. The standard InChI is InChI=1S/C16H16ClF2NO/c1-11(12-5-3-2-4-6-12)20-10-13-9-14(17)7-8-15(13)21-16(18)19/h2-9,11,16,20H,10H2,1H3/t11-/m1/s1. The van der Waals surface area contributed by atoms with Gasteiger partial charge in [-0.05, 0) is 30.7 Å². The van der Waals surface area contributed by atoms with E-state index in [-0.39, 0.29) is 11.8 Å². The summed E-state index contributed by atoms with van der Waals surface area (Å²) in [5.41, 5.74) is 1.72. The van der Waals surface area contributed by atoms with E-state index < -0.39 is 6.61 Å². The van der Waals surface area contributed by atoms with Crippen LogP contribution in [0.5, 0.6) is 5.75 Å². The van der Waals surface area contributed by atoms with Crippen molar-refractivity contribution in [3.05, 3.63) is 64.7 Å². The molecule has 21 heavy (non-hydrogen) atoms. The lowest BCUT2D eigenvalue weighted by molar-refractivity contribution is -0.0505. The molecule has 2 aromatic rings. The van der Waals surface area contributed by atoms with Gasteiger partial charge in [-0.1, -0.05) is 41.9 Å². The van der Waals surface area contributed by atoms with Gasteiger partial charge in [0, 0.05) is 23.2 Å². The highest BCUT2D eigenvalue weighted by Gasteiger charge is 2.11. The maximum atomic E-state index is 12.4. The highest BCUT2D eigenvalue weighted by atomic mass is 35.5. The number of alkyl halides is 2. The van der Waals surface area contributed by atoms with Crippen molar-refractivity contribution in [2.45, 2.75) is 26.1 Å². The van der Waals surface area contributed by atoms with Gasteiger partial charge in [0.05, 0.1) is 0 Å². The number of nitrogens with one attached hydrogen (secondary N) is 1. The van der Waals surface area contributed by atoms with Crippen LogP contribution in [-0.4, -0.2) is 6.61 Å². The van der Waals surface area contributed by atoms with Crippen LogP contribution in [0.2, 0.25) is 5.02 Å². The van der Waals surface area contributed by atoms with Gasteiger partial charge >= 0.3 is 6.61 Å². The molecule has 0 unspecified atom stereocenters. The smallest absolute Gasteiger partial charge is 0.387 e. The van der Waals surface area contributed by atoms with Gasteiger partial charge < -0.3 is 10.1 Å². The van der Waals surface area contributed by atoms with Crippen LogP contribution in [0.3, 0.4) is 0 Å². The molecule has 0 heterocycles. The summed E-state index contributed by atoms with van der Waals surface area (Å²) in [5, 5.41) is 3.76. The summed E-state index contributed by atoms with van der Waals surface area (Å²) >= 11 is 5.91. The molecule has 0 spiro atoms. The fourth-order valence-corrected chi connectivity index (χ4v) is 2.21. The molecular formula is C16H16ClF2NO.